The van der Waals surface area contributed by atoms with Crippen molar-refractivity contribution in [2.75, 3.05) is 26.2 Å². The molecule has 0 aliphatic carbocycles. The Morgan fingerprint density at radius 3 is 2.25 bits per heavy atom. The van der Waals surface area contributed by atoms with Crippen molar-refractivity contribution in [3.05, 3.63) is 24.3 Å². The van der Waals surface area contributed by atoms with Gasteiger partial charge in [-0.1, -0.05) is 12.1 Å². The first-order valence-corrected chi connectivity index (χ1v) is 10.7. The average Bonchev–Trinajstić information content (AvgIpc) is 3.20. The Kier molecular flexibility index (Phi) is 6.27. The quantitative estimate of drug-likeness (QED) is 0.758. The van der Waals surface area contributed by atoms with E-state index in [1.807, 2.05) is 0 Å². The number of benzene rings is 1. The first kappa shape index (κ1) is 19.6. The van der Waals surface area contributed by atoms with Crippen LogP contribution in [0.4, 0.5) is 0 Å². The number of nitrogens with zero attached hydrogens (tertiary/aromatic N) is 1. The van der Waals surface area contributed by atoms with Crippen LogP contribution in [0.25, 0.3) is 0 Å². The van der Waals surface area contributed by atoms with Gasteiger partial charge in [-0.25, -0.2) is 21.6 Å². The molecule has 10 heteroatoms. The Hall–Kier alpha value is -0.710. The van der Waals surface area contributed by atoms with Gasteiger partial charge in [-0.3, -0.25) is 0 Å². The number of rotatable bonds is 5. The monoisotopic (exact) mass is 395 g/mol. The van der Waals surface area contributed by atoms with Crippen molar-refractivity contribution in [1.29, 1.82) is 0 Å². The zero-order chi connectivity index (χ0) is 16.5. The van der Waals surface area contributed by atoms with Crippen molar-refractivity contribution in [1.82, 2.24) is 14.3 Å². The van der Waals surface area contributed by atoms with Crippen molar-refractivity contribution in [3.8, 4) is 0 Å². The summed E-state index contributed by atoms with van der Waals surface area (Å²) in [5.41, 5.74) is 0. The van der Waals surface area contributed by atoms with Crippen LogP contribution in [0.3, 0.4) is 0 Å². The summed E-state index contributed by atoms with van der Waals surface area (Å²) in [6.07, 6.45) is 2.31. The minimum atomic E-state index is -3.88. The number of nitrogens with one attached hydrogen (secondary N) is 2. The first-order chi connectivity index (χ1) is 10.9. The molecule has 0 radical (unpaired) electrons. The van der Waals surface area contributed by atoms with E-state index in [2.05, 4.69) is 10.0 Å². The fourth-order valence-corrected chi connectivity index (χ4v) is 6.58. The lowest BCUT2D eigenvalue weighted by molar-refractivity contribution is 0.474. The highest BCUT2D eigenvalue weighted by Gasteiger charge is 2.33. The maximum atomic E-state index is 12.8. The third-order valence-electron chi connectivity index (χ3n) is 4.20. The first-order valence-electron chi connectivity index (χ1n) is 7.73. The summed E-state index contributed by atoms with van der Waals surface area (Å²) in [5, 5.41) is 3.08. The van der Waals surface area contributed by atoms with Crippen LogP contribution in [0.15, 0.2) is 34.1 Å². The van der Waals surface area contributed by atoms with Gasteiger partial charge in [-0.2, -0.15) is 4.31 Å². The van der Waals surface area contributed by atoms with Crippen LogP contribution in [0, 0.1) is 0 Å². The van der Waals surface area contributed by atoms with E-state index in [1.165, 1.54) is 16.4 Å². The molecule has 2 aliphatic heterocycles. The van der Waals surface area contributed by atoms with E-state index in [0.29, 0.717) is 26.1 Å². The summed E-state index contributed by atoms with van der Waals surface area (Å²) in [6.45, 7) is 2.19. The Balaban J connectivity index is 0.00000208. The van der Waals surface area contributed by atoms with Gasteiger partial charge in [0.25, 0.3) is 0 Å². The predicted molar refractivity (Wildman–Crippen MR) is 93.3 cm³/mol. The molecule has 2 aliphatic rings. The van der Waals surface area contributed by atoms with Crippen LogP contribution in [0.1, 0.15) is 19.3 Å². The molecule has 0 amide bonds. The van der Waals surface area contributed by atoms with Crippen LogP contribution in [0.2, 0.25) is 0 Å². The van der Waals surface area contributed by atoms with Crippen LogP contribution in [0.5, 0.6) is 0 Å². The molecule has 24 heavy (non-hydrogen) atoms. The van der Waals surface area contributed by atoms with E-state index >= 15 is 0 Å². The largest absolute Gasteiger partial charge is 0.315 e. The SMILES string of the molecule is Cl.O=S(=O)(NC1CCNC1)c1ccccc1S(=O)(=O)N1CCCC1. The van der Waals surface area contributed by atoms with Gasteiger partial charge < -0.3 is 5.32 Å². The van der Waals surface area contributed by atoms with E-state index < -0.39 is 20.0 Å². The summed E-state index contributed by atoms with van der Waals surface area (Å²) in [6, 6.07) is 5.62. The molecule has 0 aromatic heterocycles. The van der Waals surface area contributed by atoms with Crippen molar-refractivity contribution >= 4 is 32.5 Å². The third-order valence-corrected chi connectivity index (χ3v) is 7.87. The van der Waals surface area contributed by atoms with Gasteiger partial charge in [0.05, 0.1) is 0 Å². The zero-order valence-electron chi connectivity index (χ0n) is 13.1. The van der Waals surface area contributed by atoms with Crippen LogP contribution >= 0.6 is 12.4 Å². The Morgan fingerprint density at radius 1 is 1.04 bits per heavy atom. The van der Waals surface area contributed by atoms with E-state index in [4.69, 9.17) is 0 Å². The lowest BCUT2D eigenvalue weighted by atomic mass is 10.3. The van der Waals surface area contributed by atoms with Gasteiger partial charge in [0.15, 0.2) is 0 Å². The summed E-state index contributed by atoms with van der Waals surface area (Å²) in [4.78, 5) is -0.306. The molecule has 1 atom stereocenters. The average molecular weight is 396 g/mol. The molecular weight excluding hydrogens is 374 g/mol. The topological polar surface area (TPSA) is 95.6 Å². The summed E-state index contributed by atoms with van der Waals surface area (Å²) in [7, 11) is -7.67. The van der Waals surface area contributed by atoms with Crippen LogP contribution in [-0.2, 0) is 20.0 Å². The third kappa shape index (κ3) is 3.92. The lowest BCUT2D eigenvalue weighted by Crippen LogP contribution is -2.37. The predicted octanol–water partition coefficient (Wildman–Crippen LogP) is 0.533. The van der Waals surface area contributed by atoms with E-state index in [0.717, 1.165) is 19.4 Å². The van der Waals surface area contributed by atoms with Crippen LogP contribution in [-0.4, -0.2) is 53.4 Å². The Labute approximate surface area is 149 Å². The molecule has 2 N–H and O–H groups in total. The van der Waals surface area contributed by atoms with Gasteiger partial charge >= 0.3 is 0 Å². The van der Waals surface area contributed by atoms with Crippen molar-refractivity contribution in [2.24, 2.45) is 0 Å². The highest BCUT2D eigenvalue weighted by atomic mass is 35.5. The molecule has 1 aromatic rings. The molecule has 7 nitrogen and oxygen atoms in total. The normalized spacial score (nSPS) is 22.4. The second kappa shape index (κ2) is 7.67. The highest BCUT2D eigenvalue weighted by Crippen LogP contribution is 2.26. The number of sulfonamides is 2. The van der Waals surface area contributed by atoms with Gasteiger partial charge in [0.1, 0.15) is 9.79 Å². The molecule has 0 saturated carbocycles. The van der Waals surface area contributed by atoms with Gasteiger partial charge in [0, 0.05) is 25.7 Å². The molecule has 2 heterocycles. The van der Waals surface area contributed by atoms with Gasteiger partial charge in [-0.05, 0) is 37.9 Å². The molecular formula is C14H22ClN3O4S2. The maximum absolute atomic E-state index is 12.8. The second-order valence-corrected chi connectivity index (χ2v) is 9.46. The summed E-state index contributed by atoms with van der Waals surface area (Å²) < 4.78 is 54.8. The minimum absolute atomic E-state index is 0. The zero-order valence-corrected chi connectivity index (χ0v) is 15.6. The molecule has 1 aromatic carbocycles. The molecule has 0 bridgehead atoms. The number of halogens is 1. The lowest BCUT2D eigenvalue weighted by Gasteiger charge is -2.19. The standard InChI is InChI=1S/C14H21N3O4S2.ClH/c18-22(19,16-12-7-8-15-11-12)13-5-1-2-6-14(13)23(20,21)17-9-3-4-10-17;/h1-2,5-6,12,15-16H,3-4,7-11H2;1H. The van der Waals surface area contributed by atoms with E-state index in [-0.39, 0.29) is 28.2 Å². The van der Waals surface area contributed by atoms with Crippen molar-refractivity contribution in [2.45, 2.75) is 35.1 Å². The summed E-state index contributed by atoms with van der Waals surface area (Å²) >= 11 is 0. The van der Waals surface area contributed by atoms with Crippen LogP contribution < -0.4 is 10.0 Å². The van der Waals surface area contributed by atoms with E-state index in [9.17, 15) is 16.8 Å². The number of hydrogen-bond acceptors (Lipinski definition) is 5. The highest BCUT2D eigenvalue weighted by molar-refractivity contribution is 7.92. The Morgan fingerprint density at radius 2 is 1.67 bits per heavy atom. The van der Waals surface area contributed by atoms with Crippen molar-refractivity contribution < 1.29 is 16.8 Å². The molecule has 1 unspecified atom stereocenters. The fraction of sp³-hybridized carbons (Fsp3) is 0.571. The van der Waals surface area contributed by atoms with Gasteiger partial charge in [-0.15, -0.1) is 12.4 Å². The maximum Gasteiger partial charge on any atom is 0.244 e. The fourth-order valence-electron chi connectivity index (χ4n) is 2.99. The Bertz CT molecular complexity index is 771. The smallest absolute Gasteiger partial charge is 0.244 e. The molecule has 2 saturated heterocycles. The second-order valence-electron chi connectivity index (χ2n) is 5.87. The van der Waals surface area contributed by atoms with E-state index in [1.54, 1.807) is 12.1 Å². The minimum Gasteiger partial charge on any atom is -0.315 e. The molecule has 136 valence electrons. The molecule has 0 spiro atoms. The number of hydrogen-bond donors (Lipinski definition) is 2. The van der Waals surface area contributed by atoms with Gasteiger partial charge in [0.2, 0.25) is 20.0 Å². The molecule has 3 rings (SSSR count). The summed E-state index contributed by atoms with van der Waals surface area (Å²) in [5.74, 6) is 0. The van der Waals surface area contributed by atoms with Crippen molar-refractivity contribution in [3.63, 3.8) is 0 Å². The molecule has 2 fully saturated rings.